The molecule has 4 rings (SSSR count). The van der Waals surface area contributed by atoms with Crippen molar-refractivity contribution in [3.8, 4) is 0 Å². The van der Waals surface area contributed by atoms with Gasteiger partial charge in [0.05, 0.1) is 17.7 Å². The van der Waals surface area contributed by atoms with E-state index in [0.29, 0.717) is 13.1 Å². The number of hydrogen-bond donors (Lipinski definition) is 1. The lowest BCUT2D eigenvalue weighted by Crippen LogP contribution is -2.44. The summed E-state index contributed by atoms with van der Waals surface area (Å²) in [5.74, 6) is -3.44. The second kappa shape index (κ2) is 8.07. The minimum Gasteiger partial charge on any atom is -0.477 e. The van der Waals surface area contributed by atoms with Crippen molar-refractivity contribution in [2.75, 3.05) is 38.1 Å². The number of fused-ring (bicyclic) bond motifs is 1. The number of carboxylic acid groups (broad SMARTS) is 1. The quantitative estimate of drug-likeness (QED) is 0.688. The van der Waals surface area contributed by atoms with Crippen LogP contribution in [0.1, 0.15) is 15.9 Å². The third-order valence-electron chi connectivity index (χ3n) is 5.57. The molecular weight excluding hydrogens is 411 g/mol. The Morgan fingerprint density at radius 1 is 1.03 bits per heavy atom. The lowest BCUT2D eigenvalue weighted by Gasteiger charge is -2.34. The van der Waals surface area contributed by atoms with Crippen LogP contribution in [-0.2, 0) is 6.54 Å². The van der Waals surface area contributed by atoms with E-state index in [1.165, 1.54) is 10.6 Å². The molecule has 6 nitrogen and oxygen atoms in total. The summed E-state index contributed by atoms with van der Waals surface area (Å²) >= 11 is 0. The van der Waals surface area contributed by atoms with E-state index in [4.69, 9.17) is 0 Å². The highest BCUT2D eigenvalue weighted by Gasteiger charge is 2.22. The van der Waals surface area contributed by atoms with Gasteiger partial charge in [-0.05, 0) is 37.4 Å². The van der Waals surface area contributed by atoms with Gasteiger partial charge in [0, 0.05) is 43.3 Å². The minimum absolute atomic E-state index is 0.0215. The standard InChI is InChI=1S/C22H20F3N3O3/c1-26-4-6-27(7-5-26)20-10-19-15(9-18(20)25)21(29)16(22(30)31)12-28(19)11-13-8-14(23)2-3-17(13)24/h2-3,8-10,12H,4-7,11H2,1H3,(H,30,31). The summed E-state index contributed by atoms with van der Waals surface area (Å²) in [5, 5.41) is 9.28. The molecule has 0 bridgehead atoms. The summed E-state index contributed by atoms with van der Waals surface area (Å²) in [6.45, 7) is 2.39. The number of hydrogen-bond acceptors (Lipinski definition) is 4. The molecule has 0 amide bonds. The zero-order chi connectivity index (χ0) is 22.3. The maximum Gasteiger partial charge on any atom is 0.341 e. The highest BCUT2D eigenvalue weighted by atomic mass is 19.1. The van der Waals surface area contributed by atoms with Gasteiger partial charge in [-0.2, -0.15) is 0 Å². The second-order valence-electron chi connectivity index (χ2n) is 7.65. The van der Waals surface area contributed by atoms with Crippen molar-refractivity contribution in [3.63, 3.8) is 0 Å². The first-order valence-electron chi connectivity index (χ1n) is 9.72. The number of rotatable bonds is 4. The van der Waals surface area contributed by atoms with Crippen LogP contribution in [0, 0.1) is 17.5 Å². The van der Waals surface area contributed by atoms with Gasteiger partial charge in [0.1, 0.15) is 23.0 Å². The van der Waals surface area contributed by atoms with Gasteiger partial charge in [-0.25, -0.2) is 18.0 Å². The van der Waals surface area contributed by atoms with Crippen molar-refractivity contribution in [1.82, 2.24) is 9.47 Å². The fraction of sp³-hybridized carbons (Fsp3) is 0.273. The predicted molar refractivity (Wildman–Crippen MR) is 110 cm³/mol. The van der Waals surface area contributed by atoms with Crippen LogP contribution >= 0.6 is 0 Å². The molecule has 1 fully saturated rings. The second-order valence-corrected chi connectivity index (χ2v) is 7.65. The monoisotopic (exact) mass is 431 g/mol. The largest absolute Gasteiger partial charge is 0.477 e. The van der Waals surface area contributed by atoms with Crippen LogP contribution in [0.2, 0.25) is 0 Å². The number of halogens is 3. The molecule has 9 heteroatoms. The summed E-state index contributed by atoms with van der Waals surface area (Å²) in [4.78, 5) is 28.2. The number of likely N-dealkylation sites (N-methyl/N-ethyl adjacent to an activating group) is 1. The van der Waals surface area contributed by atoms with E-state index in [9.17, 15) is 27.9 Å². The molecule has 0 radical (unpaired) electrons. The Morgan fingerprint density at radius 3 is 2.42 bits per heavy atom. The summed E-state index contributed by atoms with van der Waals surface area (Å²) in [5.41, 5.74) is -0.907. The molecule has 0 spiro atoms. The Bertz CT molecular complexity index is 1230. The van der Waals surface area contributed by atoms with Crippen LogP contribution in [0.25, 0.3) is 10.9 Å². The number of nitrogens with zero attached hydrogens (tertiary/aromatic N) is 3. The molecule has 0 unspecified atom stereocenters. The van der Waals surface area contributed by atoms with E-state index in [2.05, 4.69) is 4.90 Å². The molecule has 1 N–H and O–H groups in total. The first kappa shape index (κ1) is 20.9. The third-order valence-corrected chi connectivity index (χ3v) is 5.57. The highest BCUT2D eigenvalue weighted by molar-refractivity contribution is 5.93. The number of anilines is 1. The van der Waals surface area contributed by atoms with Gasteiger partial charge in [-0.15, -0.1) is 0 Å². The van der Waals surface area contributed by atoms with Crippen molar-refractivity contribution in [1.29, 1.82) is 0 Å². The molecule has 0 saturated carbocycles. The smallest absolute Gasteiger partial charge is 0.341 e. The van der Waals surface area contributed by atoms with Crippen molar-refractivity contribution in [2.45, 2.75) is 6.54 Å². The summed E-state index contributed by atoms with van der Waals surface area (Å²) in [7, 11) is 1.96. The first-order chi connectivity index (χ1) is 14.7. The average molecular weight is 431 g/mol. The van der Waals surface area contributed by atoms with Gasteiger partial charge in [0.15, 0.2) is 0 Å². The number of piperazine rings is 1. The molecule has 1 saturated heterocycles. The SMILES string of the molecule is CN1CCN(c2cc3c(cc2F)c(=O)c(C(=O)O)cn3Cc2cc(F)ccc2F)CC1. The predicted octanol–water partition coefficient (Wildman–Crippen LogP) is 2.92. The van der Waals surface area contributed by atoms with E-state index in [1.807, 2.05) is 11.9 Å². The Labute approximate surface area is 175 Å². The lowest BCUT2D eigenvalue weighted by molar-refractivity contribution is 0.0695. The van der Waals surface area contributed by atoms with Crippen molar-refractivity contribution in [2.24, 2.45) is 0 Å². The number of benzene rings is 2. The van der Waals surface area contributed by atoms with Crippen LogP contribution in [-0.4, -0.2) is 53.8 Å². The lowest BCUT2D eigenvalue weighted by atomic mass is 10.1. The fourth-order valence-electron chi connectivity index (χ4n) is 3.82. The molecule has 2 aromatic carbocycles. The average Bonchev–Trinajstić information content (AvgIpc) is 2.73. The first-order valence-corrected chi connectivity index (χ1v) is 9.72. The number of aromatic nitrogens is 1. The normalized spacial score (nSPS) is 14.9. The highest BCUT2D eigenvalue weighted by Crippen LogP contribution is 2.27. The van der Waals surface area contributed by atoms with Gasteiger partial charge in [-0.3, -0.25) is 4.79 Å². The van der Waals surface area contributed by atoms with Crippen LogP contribution in [0.5, 0.6) is 0 Å². The zero-order valence-electron chi connectivity index (χ0n) is 16.7. The molecular formula is C22H20F3N3O3. The maximum atomic E-state index is 14.9. The van der Waals surface area contributed by atoms with Gasteiger partial charge >= 0.3 is 5.97 Å². The molecule has 0 atom stereocenters. The van der Waals surface area contributed by atoms with Gasteiger partial charge in [0.2, 0.25) is 5.43 Å². The topological polar surface area (TPSA) is 65.8 Å². The van der Waals surface area contributed by atoms with E-state index in [0.717, 1.165) is 43.6 Å². The molecule has 3 aromatic rings. The zero-order valence-corrected chi connectivity index (χ0v) is 16.7. The van der Waals surface area contributed by atoms with Crippen LogP contribution in [0.15, 0.2) is 41.3 Å². The number of aromatic carboxylic acids is 1. The number of carbonyl (C=O) groups is 1. The minimum atomic E-state index is -1.48. The Kier molecular flexibility index (Phi) is 5.45. The Morgan fingerprint density at radius 2 is 1.74 bits per heavy atom. The Hall–Kier alpha value is -3.33. The number of pyridine rings is 1. The molecule has 1 aliphatic rings. The van der Waals surface area contributed by atoms with E-state index in [1.54, 1.807) is 0 Å². The molecule has 162 valence electrons. The van der Waals surface area contributed by atoms with E-state index < -0.39 is 34.4 Å². The van der Waals surface area contributed by atoms with Crippen LogP contribution in [0.3, 0.4) is 0 Å². The third kappa shape index (κ3) is 4.00. The Balaban J connectivity index is 1.91. The maximum absolute atomic E-state index is 14.9. The molecule has 2 heterocycles. The van der Waals surface area contributed by atoms with E-state index in [-0.39, 0.29) is 28.7 Å². The molecule has 1 aromatic heterocycles. The van der Waals surface area contributed by atoms with Crippen molar-refractivity contribution >= 4 is 22.6 Å². The van der Waals surface area contributed by atoms with Crippen LogP contribution < -0.4 is 10.3 Å². The molecule has 1 aliphatic heterocycles. The number of carboxylic acids is 1. The van der Waals surface area contributed by atoms with Gasteiger partial charge in [0.25, 0.3) is 0 Å². The molecule has 31 heavy (non-hydrogen) atoms. The van der Waals surface area contributed by atoms with Crippen molar-refractivity contribution in [3.05, 3.63) is 75.3 Å². The van der Waals surface area contributed by atoms with Gasteiger partial charge < -0.3 is 19.5 Å². The van der Waals surface area contributed by atoms with Crippen LogP contribution in [0.4, 0.5) is 18.9 Å². The summed E-state index contributed by atoms with van der Waals surface area (Å²) in [6.07, 6.45) is 1.09. The summed E-state index contributed by atoms with van der Waals surface area (Å²) < 4.78 is 44.2. The van der Waals surface area contributed by atoms with Crippen molar-refractivity contribution < 1.29 is 23.1 Å². The molecule has 0 aliphatic carbocycles. The summed E-state index contributed by atoms with van der Waals surface area (Å²) in [6, 6.07) is 5.45. The van der Waals surface area contributed by atoms with E-state index >= 15 is 0 Å². The fourth-order valence-corrected chi connectivity index (χ4v) is 3.82. The van der Waals surface area contributed by atoms with Gasteiger partial charge in [-0.1, -0.05) is 0 Å².